The van der Waals surface area contributed by atoms with Gasteiger partial charge in [0.2, 0.25) is 0 Å². The van der Waals surface area contributed by atoms with Crippen LogP contribution in [0.15, 0.2) is 36.0 Å². The number of nitrogens with two attached hydrogens (primary N) is 1. The highest BCUT2D eigenvalue weighted by Crippen LogP contribution is 2.20. The highest BCUT2D eigenvalue weighted by atomic mass is 32.1. The van der Waals surface area contributed by atoms with E-state index in [2.05, 4.69) is 16.1 Å². The average Bonchev–Trinajstić information content (AvgIpc) is 2.96. The van der Waals surface area contributed by atoms with Crippen molar-refractivity contribution in [1.82, 2.24) is 14.8 Å². The lowest BCUT2D eigenvalue weighted by atomic mass is 10.3. The summed E-state index contributed by atoms with van der Waals surface area (Å²) in [5, 5.41) is 4.37. The third-order valence-electron chi connectivity index (χ3n) is 2.43. The number of hydrogen-bond acceptors (Lipinski definition) is 4. The lowest BCUT2D eigenvalue weighted by Gasteiger charge is -2.00. The minimum atomic E-state index is 0.468. The van der Waals surface area contributed by atoms with Crippen LogP contribution in [0.5, 0.6) is 0 Å². The molecule has 4 nitrogen and oxygen atoms in total. The molecule has 3 rings (SSSR count). The van der Waals surface area contributed by atoms with Crippen LogP contribution < -0.4 is 5.73 Å². The van der Waals surface area contributed by atoms with E-state index in [-0.39, 0.29) is 0 Å². The van der Waals surface area contributed by atoms with E-state index in [1.54, 1.807) is 11.3 Å². The third-order valence-corrected chi connectivity index (χ3v) is 3.22. The van der Waals surface area contributed by atoms with E-state index in [1.165, 1.54) is 4.70 Å². The molecular weight excluding hydrogens is 220 g/mol. The molecule has 0 aliphatic carbocycles. The first kappa shape index (κ1) is 9.50. The predicted octanol–water partition coefficient (Wildman–Crippen LogP) is 1.94. The van der Waals surface area contributed by atoms with Crippen LogP contribution in [-0.4, -0.2) is 14.8 Å². The fourth-order valence-corrected chi connectivity index (χ4v) is 2.31. The first-order chi connectivity index (χ1) is 7.86. The molecule has 0 bridgehead atoms. The Labute approximate surface area is 96.3 Å². The normalized spacial score (nSPS) is 11.1. The van der Waals surface area contributed by atoms with Crippen molar-refractivity contribution in [3.8, 4) is 5.69 Å². The zero-order chi connectivity index (χ0) is 11.0. The molecule has 0 unspecified atom stereocenters. The first-order valence-corrected chi connectivity index (χ1v) is 5.83. The van der Waals surface area contributed by atoms with Crippen LogP contribution >= 0.6 is 11.3 Å². The van der Waals surface area contributed by atoms with E-state index >= 15 is 0 Å². The Morgan fingerprint density at radius 1 is 1.31 bits per heavy atom. The van der Waals surface area contributed by atoms with Crippen molar-refractivity contribution >= 4 is 21.6 Å². The topological polar surface area (TPSA) is 56.7 Å². The Balaban J connectivity index is 2.10. The molecule has 0 amide bonds. The van der Waals surface area contributed by atoms with Crippen LogP contribution in [0.25, 0.3) is 15.9 Å². The molecular formula is C11H10N4S. The van der Waals surface area contributed by atoms with E-state index in [1.807, 2.05) is 34.6 Å². The molecule has 0 atom stereocenters. The predicted molar refractivity (Wildman–Crippen MR) is 64.6 cm³/mol. The highest BCUT2D eigenvalue weighted by molar-refractivity contribution is 7.16. The van der Waals surface area contributed by atoms with Crippen molar-refractivity contribution in [3.05, 3.63) is 41.7 Å². The molecule has 0 radical (unpaired) electrons. The van der Waals surface area contributed by atoms with Gasteiger partial charge in [-0.1, -0.05) is 0 Å². The van der Waals surface area contributed by atoms with Gasteiger partial charge in [0, 0.05) is 12.7 Å². The van der Waals surface area contributed by atoms with Crippen molar-refractivity contribution in [2.75, 3.05) is 0 Å². The lowest BCUT2D eigenvalue weighted by molar-refractivity contribution is 0.835. The van der Waals surface area contributed by atoms with E-state index in [9.17, 15) is 0 Å². The van der Waals surface area contributed by atoms with Crippen molar-refractivity contribution < 1.29 is 0 Å². The maximum atomic E-state index is 5.53. The molecule has 80 valence electrons. The molecule has 0 aliphatic heterocycles. The molecule has 1 aromatic carbocycles. The summed E-state index contributed by atoms with van der Waals surface area (Å²) in [6.45, 7) is 0.468. The van der Waals surface area contributed by atoms with Crippen LogP contribution in [-0.2, 0) is 6.54 Å². The fraction of sp³-hybridized carbons (Fsp3) is 0.0909. The Hall–Kier alpha value is -1.72. The van der Waals surface area contributed by atoms with Gasteiger partial charge >= 0.3 is 0 Å². The first-order valence-electron chi connectivity index (χ1n) is 4.95. The number of rotatable bonds is 2. The number of hydrogen-bond donors (Lipinski definition) is 1. The molecule has 2 aromatic heterocycles. The van der Waals surface area contributed by atoms with Gasteiger partial charge in [-0.3, -0.25) is 0 Å². The molecule has 2 N–H and O–H groups in total. The Bertz CT molecular complexity index is 625. The van der Waals surface area contributed by atoms with Crippen LogP contribution in [0, 0.1) is 0 Å². The van der Waals surface area contributed by atoms with Gasteiger partial charge in [0.05, 0.1) is 27.1 Å². The number of fused-ring (bicyclic) bond motifs is 1. The minimum Gasteiger partial charge on any atom is -0.325 e. The molecule has 2 heterocycles. The van der Waals surface area contributed by atoms with Gasteiger partial charge in [-0.2, -0.15) is 5.10 Å². The standard InChI is InChI=1S/C11H10N4S/c12-6-8-3-4-15(14-8)9-1-2-10-11(5-9)16-7-13-10/h1-5,7H,6,12H2. The second-order valence-electron chi connectivity index (χ2n) is 3.46. The van der Waals surface area contributed by atoms with E-state index in [4.69, 9.17) is 5.73 Å². The van der Waals surface area contributed by atoms with Crippen LogP contribution in [0.4, 0.5) is 0 Å². The van der Waals surface area contributed by atoms with Crippen LogP contribution in [0.3, 0.4) is 0 Å². The van der Waals surface area contributed by atoms with E-state index in [0.29, 0.717) is 6.54 Å². The molecule has 3 aromatic rings. The van der Waals surface area contributed by atoms with Gasteiger partial charge < -0.3 is 5.73 Å². The summed E-state index contributed by atoms with van der Waals surface area (Å²) in [5.41, 5.74) is 10.3. The quantitative estimate of drug-likeness (QED) is 0.732. The zero-order valence-electron chi connectivity index (χ0n) is 8.50. The number of aromatic nitrogens is 3. The van der Waals surface area contributed by atoms with Crippen molar-refractivity contribution in [2.45, 2.75) is 6.54 Å². The van der Waals surface area contributed by atoms with Gasteiger partial charge in [-0.15, -0.1) is 11.3 Å². The molecule has 0 saturated carbocycles. The Morgan fingerprint density at radius 3 is 3.06 bits per heavy atom. The summed E-state index contributed by atoms with van der Waals surface area (Å²) >= 11 is 1.63. The number of nitrogens with zero attached hydrogens (tertiary/aromatic N) is 3. The molecule has 0 fully saturated rings. The van der Waals surface area contributed by atoms with Crippen molar-refractivity contribution in [1.29, 1.82) is 0 Å². The summed E-state index contributed by atoms with van der Waals surface area (Å²) < 4.78 is 3.00. The maximum absolute atomic E-state index is 5.53. The van der Waals surface area contributed by atoms with E-state index < -0.39 is 0 Å². The summed E-state index contributed by atoms with van der Waals surface area (Å²) in [7, 11) is 0. The molecule has 5 heteroatoms. The second-order valence-corrected chi connectivity index (χ2v) is 4.35. The SMILES string of the molecule is NCc1ccn(-c2ccc3ncsc3c2)n1. The fourth-order valence-electron chi connectivity index (χ4n) is 1.60. The largest absolute Gasteiger partial charge is 0.325 e. The number of benzene rings is 1. The van der Waals surface area contributed by atoms with E-state index in [0.717, 1.165) is 16.9 Å². The van der Waals surface area contributed by atoms with Crippen LogP contribution in [0.1, 0.15) is 5.69 Å². The number of thiazole rings is 1. The van der Waals surface area contributed by atoms with Crippen LogP contribution in [0.2, 0.25) is 0 Å². The smallest absolute Gasteiger partial charge is 0.0813 e. The molecule has 16 heavy (non-hydrogen) atoms. The maximum Gasteiger partial charge on any atom is 0.0813 e. The highest BCUT2D eigenvalue weighted by Gasteiger charge is 2.02. The second kappa shape index (κ2) is 3.70. The summed E-state index contributed by atoms with van der Waals surface area (Å²) in [4.78, 5) is 4.24. The third kappa shape index (κ3) is 1.50. The zero-order valence-corrected chi connectivity index (χ0v) is 9.31. The van der Waals surface area contributed by atoms with Gasteiger partial charge in [-0.25, -0.2) is 9.67 Å². The van der Waals surface area contributed by atoms with Crippen molar-refractivity contribution in [2.24, 2.45) is 5.73 Å². The molecule has 0 spiro atoms. The van der Waals surface area contributed by atoms with Gasteiger partial charge in [-0.05, 0) is 24.3 Å². The Morgan fingerprint density at radius 2 is 2.25 bits per heavy atom. The van der Waals surface area contributed by atoms with Crippen molar-refractivity contribution in [3.63, 3.8) is 0 Å². The summed E-state index contributed by atoms with van der Waals surface area (Å²) in [6.07, 6.45) is 1.92. The monoisotopic (exact) mass is 230 g/mol. The Kier molecular flexibility index (Phi) is 2.19. The minimum absolute atomic E-state index is 0.468. The van der Waals surface area contributed by atoms with Gasteiger partial charge in [0.15, 0.2) is 0 Å². The lowest BCUT2D eigenvalue weighted by Crippen LogP contribution is -2.00. The average molecular weight is 230 g/mol. The molecule has 0 aliphatic rings. The summed E-state index contributed by atoms with van der Waals surface area (Å²) in [5.74, 6) is 0. The summed E-state index contributed by atoms with van der Waals surface area (Å²) in [6, 6.07) is 8.03. The molecule has 0 saturated heterocycles. The van der Waals surface area contributed by atoms with Gasteiger partial charge in [0.25, 0.3) is 0 Å². The van der Waals surface area contributed by atoms with Gasteiger partial charge in [0.1, 0.15) is 0 Å².